The van der Waals surface area contributed by atoms with E-state index in [0.717, 1.165) is 30.8 Å². The van der Waals surface area contributed by atoms with Gasteiger partial charge in [-0.3, -0.25) is 9.89 Å². The van der Waals surface area contributed by atoms with Gasteiger partial charge in [0.1, 0.15) is 5.82 Å². The molecule has 2 aromatic rings. The number of carbonyl (C=O) groups excluding carboxylic acids is 1. The third-order valence-electron chi connectivity index (χ3n) is 3.56. The van der Waals surface area contributed by atoms with Gasteiger partial charge in [-0.1, -0.05) is 36.9 Å². The first-order valence-electron chi connectivity index (χ1n) is 6.70. The lowest BCUT2D eigenvalue weighted by molar-refractivity contribution is -0.127. The fourth-order valence-corrected chi connectivity index (χ4v) is 2.57. The summed E-state index contributed by atoms with van der Waals surface area (Å²) >= 11 is 0. The molecular weight excluding hydrogens is 252 g/mol. The second kappa shape index (κ2) is 5.28. The number of nitrogens with zero attached hydrogens (tertiary/aromatic N) is 3. The number of aromatic nitrogens is 3. The molecule has 1 fully saturated rings. The van der Waals surface area contributed by atoms with Crippen LogP contribution in [0.1, 0.15) is 24.7 Å². The number of benzene rings is 1. The van der Waals surface area contributed by atoms with Gasteiger partial charge >= 0.3 is 0 Å². The van der Waals surface area contributed by atoms with Crippen LogP contribution in [0.25, 0.3) is 11.4 Å². The Morgan fingerprint density at radius 3 is 2.95 bits per heavy atom. The van der Waals surface area contributed by atoms with Gasteiger partial charge in [0.05, 0.1) is 6.04 Å². The summed E-state index contributed by atoms with van der Waals surface area (Å²) in [6.07, 6.45) is 3.24. The van der Waals surface area contributed by atoms with Gasteiger partial charge in [-0.05, 0) is 18.9 Å². The van der Waals surface area contributed by atoms with Gasteiger partial charge < -0.3 is 4.90 Å². The van der Waals surface area contributed by atoms with E-state index in [9.17, 15) is 4.79 Å². The summed E-state index contributed by atoms with van der Waals surface area (Å²) in [7, 11) is 0. The predicted octanol–water partition coefficient (Wildman–Crippen LogP) is 2.32. The number of nitrogens with one attached hydrogen (secondary N) is 1. The molecule has 0 saturated carbocycles. The molecule has 1 aromatic heterocycles. The Morgan fingerprint density at radius 1 is 1.40 bits per heavy atom. The van der Waals surface area contributed by atoms with Crippen LogP contribution in [0.15, 0.2) is 43.0 Å². The number of carbonyl (C=O) groups is 1. The number of aromatic amines is 1. The molecule has 102 valence electrons. The molecule has 1 aliphatic rings. The summed E-state index contributed by atoms with van der Waals surface area (Å²) in [6, 6.07) is 9.77. The van der Waals surface area contributed by atoms with Crippen LogP contribution < -0.4 is 0 Å². The van der Waals surface area contributed by atoms with Crippen LogP contribution in [0.5, 0.6) is 0 Å². The van der Waals surface area contributed by atoms with Crippen molar-refractivity contribution >= 4 is 5.91 Å². The zero-order chi connectivity index (χ0) is 13.9. The fourth-order valence-electron chi connectivity index (χ4n) is 2.57. The molecule has 3 rings (SSSR count). The lowest BCUT2D eigenvalue weighted by atomic mass is 10.2. The molecular formula is C15H16N4O. The molecule has 1 aliphatic heterocycles. The fraction of sp³-hybridized carbons (Fsp3) is 0.267. The first-order chi connectivity index (χ1) is 9.79. The highest BCUT2D eigenvalue weighted by molar-refractivity contribution is 5.87. The molecule has 5 heteroatoms. The van der Waals surface area contributed by atoms with Gasteiger partial charge in [0, 0.05) is 12.1 Å². The lowest BCUT2D eigenvalue weighted by Gasteiger charge is -2.20. The van der Waals surface area contributed by atoms with Crippen molar-refractivity contribution in [2.24, 2.45) is 0 Å². The Labute approximate surface area is 117 Å². The van der Waals surface area contributed by atoms with Crippen LogP contribution in [0, 0.1) is 0 Å². The Balaban J connectivity index is 1.87. The van der Waals surface area contributed by atoms with Crippen LogP contribution in [-0.2, 0) is 4.79 Å². The molecule has 1 amide bonds. The van der Waals surface area contributed by atoms with Crippen LogP contribution in [-0.4, -0.2) is 32.5 Å². The number of hydrogen-bond acceptors (Lipinski definition) is 3. The van der Waals surface area contributed by atoms with Crippen molar-refractivity contribution in [3.05, 3.63) is 48.8 Å². The number of hydrogen-bond donors (Lipinski definition) is 1. The number of likely N-dealkylation sites (tertiary alicyclic amines) is 1. The van der Waals surface area contributed by atoms with E-state index in [0.29, 0.717) is 5.82 Å². The maximum absolute atomic E-state index is 11.8. The second-order valence-electron chi connectivity index (χ2n) is 4.80. The molecule has 5 nitrogen and oxygen atoms in total. The van der Waals surface area contributed by atoms with E-state index in [1.165, 1.54) is 6.08 Å². The molecule has 1 atom stereocenters. The SMILES string of the molecule is C=CC(=O)N1CCC[C@@H]1c1nc(-c2ccccc2)n[nH]1. The highest BCUT2D eigenvalue weighted by atomic mass is 16.2. The minimum atomic E-state index is -0.0508. The smallest absolute Gasteiger partial charge is 0.246 e. The Kier molecular flexibility index (Phi) is 3.33. The number of amides is 1. The molecule has 0 radical (unpaired) electrons. The summed E-state index contributed by atoms with van der Waals surface area (Å²) in [6.45, 7) is 4.30. The van der Waals surface area contributed by atoms with Gasteiger partial charge in [-0.25, -0.2) is 4.98 Å². The summed E-state index contributed by atoms with van der Waals surface area (Å²) in [4.78, 5) is 18.1. The zero-order valence-corrected chi connectivity index (χ0v) is 11.1. The summed E-state index contributed by atoms with van der Waals surface area (Å²) in [5.74, 6) is 1.36. The summed E-state index contributed by atoms with van der Waals surface area (Å²) in [5, 5.41) is 7.22. The van der Waals surface area contributed by atoms with Crippen molar-refractivity contribution in [2.45, 2.75) is 18.9 Å². The van der Waals surface area contributed by atoms with E-state index in [2.05, 4.69) is 21.8 Å². The first kappa shape index (κ1) is 12.6. The second-order valence-corrected chi connectivity index (χ2v) is 4.80. The van der Waals surface area contributed by atoms with Crippen molar-refractivity contribution in [3.8, 4) is 11.4 Å². The predicted molar refractivity (Wildman–Crippen MR) is 75.7 cm³/mol. The highest BCUT2D eigenvalue weighted by Gasteiger charge is 2.31. The maximum atomic E-state index is 11.8. The van der Waals surface area contributed by atoms with E-state index in [-0.39, 0.29) is 11.9 Å². The van der Waals surface area contributed by atoms with Crippen LogP contribution in [0.4, 0.5) is 0 Å². The summed E-state index contributed by atoms with van der Waals surface area (Å²) in [5.41, 5.74) is 0.967. The average molecular weight is 268 g/mol. The van der Waals surface area contributed by atoms with E-state index >= 15 is 0 Å². The van der Waals surface area contributed by atoms with E-state index in [1.807, 2.05) is 30.3 Å². The summed E-state index contributed by atoms with van der Waals surface area (Å²) < 4.78 is 0. The molecule has 1 saturated heterocycles. The molecule has 2 heterocycles. The standard InChI is InChI=1S/C15H16N4O/c1-2-13(20)19-10-6-9-12(19)15-16-14(17-18-15)11-7-4-3-5-8-11/h2-5,7-8,12H,1,6,9-10H2,(H,16,17,18)/t12-/m1/s1. The van der Waals surface area contributed by atoms with Crippen LogP contribution >= 0.6 is 0 Å². The minimum absolute atomic E-state index is 0.0227. The van der Waals surface area contributed by atoms with E-state index in [4.69, 9.17) is 0 Å². The minimum Gasteiger partial charge on any atom is -0.329 e. The molecule has 0 aliphatic carbocycles. The van der Waals surface area contributed by atoms with Gasteiger partial charge in [-0.2, -0.15) is 5.10 Å². The zero-order valence-electron chi connectivity index (χ0n) is 11.1. The normalized spacial score (nSPS) is 18.2. The lowest BCUT2D eigenvalue weighted by Crippen LogP contribution is -2.29. The average Bonchev–Trinajstić information content (AvgIpc) is 3.15. The van der Waals surface area contributed by atoms with Crippen molar-refractivity contribution in [3.63, 3.8) is 0 Å². The van der Waals surface area contributed by atoms with Gasteiger partial charge in [0.15, 0.2) is 5.82 Å². The highest BCUT2D eigenvalue weighted by Crippen LogP contribution is 2.30. The topological polar surface area (TPSA) is 61.9 Å². The van der Waals surface area contributed by atoms with Crippen molar-refractivity contribution in [2.75, 3.05) is 6.54 Å². The molecule has 20 heavy (non-hydrogen) atoms. The van der Waals surface area contributed by atoms with E-state index < -0.39 is 0 Å². The van der Waals surface area contributed by atoms with Crippen LogP contribution in [0.2, 0.25) is 0 Å². The largest absolute Gasteiger partial charge is 0.329 e. The monoisotopic (exact) mass is 268 g/mol. The van der Waals surface area contributed by atoms with Crippen LogP contribution in [0.3, 0.4) is 0 Å². The molecule has 1 aromatic carbocycles. The molecule has 1 N–H and O–H groups in total. The number of rotatable bonds is 3. The van der Waals surface area contributed by atoms with E-state index in [1.54, 1.807) is 4.90 Å². The quantitative estimate of drug-likeness (QED) is 0.869. The first-order valence-corrected chi connectivity index (χ1v) is 6.70. The third kappa shape index (κ3) is 2.22. The van der Waals surface area contributed by atoms with Gasteiger partial charge in [-0.15, -0.1) is 0 Å². The van der Waals surface area contributed by atoms with Gasteiger partial charge in [0.25, 0.3) is 0 Å². The van der Waals surface area contributed by atoms with Crippen molar-refractivity contribution in [1.29, 1.82) is 0 Å². The molecule has 0 spiro atoms. The Morgan fingerprint density at radius 2 is 2.20 bits per heavy atom. The number of H-pyrrole nitrogens is 1. The molecule has 0 unspecified atom stereocenters. The third-order valence-corrected chi connectivity index (χ3v) is 3.56. The van der Waals surface area contributed by atoms with Crippen molar-refractivity contribution < 1.29 is 4.79 Å². The van der Waals surface area contributed by atoms with Gasteiger partial charge in [0.2, 0.25) is 5.91 Å². The Hall–Kier alpha value is -2.43. The molecule has 0 bridgehead atoms. The maximum Gasteiger partial charge on any atom is 0.246 e. The Bertz CT molecular complexity index is 620. The van der Waals surface area contributed by atoms with Crippen molar-refractivity contribution in [1.82, 2.24) is 20.1 Å².